The first-order valence-corrected chi connectivity index (χ1v) is 7.90. The number of carbonyl (C=O) groups is 1. The van der Waals surface area contributed by atoms with E-state index >= 15 is 0 Å². The summed E-state index contributed by atoms with van der Waals surface area (Å²) >= 11 is 1.35. The largest absolute Gasteiger partial charge is 0.315 e. The number of carbonyl (C=O) groups excluding carboxylic acids is 1. The average Bonchev–Trinajstić information content (AvgIpc) is 3.12. The fraction of sp³-hybridized carbons (Fsp3) is 0.400. The number of aromatic nitrogens is 2. The van der Waals surface area contributed by atoms with Gasteiger partial charge in [-0.25, -0.2) is 0 Å². The predicted octanol–water partition coefficient (Wildman–Crippen LogP) is 2.30. The molecule has 0 bridgehead atoms. The molecule has 2 atom stereocenters. The van der Waals surface area contributed by atoms with Gasteiger partial charge >= 0.3 is 0 Å². The number of nitriles is 1. The van der Waals surface area contributed by atoms with Gasteiger partial charge in [0.25, 0.3) is 0 Å². The Balaban J connectivity index is 1.84. The van der Waals surface area contributed by atoms with Crippen molar-refractivity contribution in [2.45, 2.75) is 32.9 Å². The molecule has 1 amide bonds. The van der Waals surface area contributed by atoms with Gasteiger partial charge in [0.2, 0.25) is 5.91 Å². The highest BCUT2D eigenvalue weighted by atomic mass is 32.1. The smallest absolute Gasteiger partial charge is 0.238 e. The van der Waals surface area contributed by atoms with E-state index in [2.05, 4.69) is 28.7 Å². The summed E-state index contributed by atoms with van der Waals surface area (Å²) in [5.41, 5.74) is 1.60. The molecule has 0 aliphatic carbocycles. The quantitative estimate of drug-likeness (QED) is 0.856. The number of thiophene rings is 1. The number of nitrogens with one attached hydrogen (secondary N) is 2. The second-order valence-corrected chi connectivity index (χ2v) is 6.15. The summed E-state index contributed by atoms with van der Waals surface area (Å²) in [6, 6.07) is 3.97. The van der Waals surface area contributed by atoms with Crippen LogP contribution in [0.1, 0.15) is 31.0 Å². The normalized spacial score (nSPS) is 13.4. The van der Waals surface area contributed by atoms with Gasteiger partial charge in [-0.2, -0.15) is 10.4 Å². The van der Waals surface area contributed by atoms with Crippen molar-refractivity contribution in [3.05, 3.63) is 35.0 Å². The second kappa shape index (κ2) is 7.20. The Kier molecular flexibility index (Phi) is 5.31. The Hall–Kier alpha value is -2.17. The predicted molar refractivity (Wildman–Crippen MR) is 86.8 cm³/mol. The number of hydrogen-bond acceptors (Lipinski definition) is 5. The minimum Gasteiger partial charge on any atom is -0.315 e. The van der Waals surface area contributed by atoms with Crippen LogP contribution in [0.15, 0.2) is 23.8 Å². The average molecular weight is 317 g/mol. The van der Waals surface area contributed by atoms with Gasteiger partial charge in [0.05, 0.1) is 24.3 Å². The molecule has 0 fully saturated rings. The summed E-state index contributed by atoms with van der Waals surface area (Å²) in [7, 11) is 0. The second-order valence-electron chi connectivity index (χ2n) is 5.23. The number of amides is 1. The highest BCUT2D eigenvalue weighted by Gasteiger charge is 2.16. The zero-order chi connectivity index (χ0) is 16.1. The zero-order valence-corrected chi connectivity index (χ0v) is 13.6. The molecular formula is C15H19N5OS. The standard InChI is InChI=1S/C15H19N5OS/c1-10-7-18-20(9-10)12(3)11(2)17-8-14(21)19-15-13(6-16)4-5-22-15/h4-5,7,9,11-12,17H,8H2,1-3H3,(H,19,21)/t11-,12+/m0/s1. The van der Waals surface area contributed by atoms with Crippen LogP contribution in [0.3, 0.4) is 0 Å². The number of aryl methyl sites for hydroxylation is 1. The fourth-order valence-electron chi connectivity index (χ4n) is 1.97. The Morgan fingerprint density at radius 1 is 1.55 bits per heavy atom. The molecule has 0 aliphatic heterocycles. The first kappa shape index (κ1) is 16.2. The lowest BCUT2D eigenvalue weighted by atomic mass is 10.2. The van der Waals surface area contributed by atoms with E-state index in [0.29, 0.717) is 10.6 Å². The van der Waals surface area contributed by atoms with Crippen molar-refractivity contribution in [1.82, 2.24) is 15.1 Å². The molecule has 22 heavy (non-hydrogen) atoms. The maximum absolute atomic E-state index is 11.9. The summed E-state index contributed by atoms with van der Waals surface area (Å²) in [5.74, 6) is -0.158. The summed E-state index contributed by atoms with van der Waals surface area (Å²) in [6.07, 6.45) is 3.80. The van der Waals surface area contributed by atoms with Crippen LogP contribution in [0.25, 0.3) is 0 Å². The Morgan fingerprint density at radius 3 is 2.95 bits per heavy atom. The van der Waals surface area contributed by atoms with Crippen molar-refractivity contribution < 1.29 is 4.79 Å². The molecule has 7 heteroatoms. The summed E-state index contributed by atoms with van der Waals surface area (Å²) in [6.45, 7) is 6.25. The van der Waals surface area contributed by atoms with Gasteiger partial charge in [-0.1, -0.05) is 0 Å². The summed E-state index contributed by atoms with van der Waals surface area (Å²) < 4.78 is 1.89. The lowest BCUT2D eigenvalue weighted by molar-refractivity contribution is -0.115. The first-order valence-electron chi connectivity index (χ1n) is 7.03. The molecule has 6 nitrogen and oxygen atoms in total. The molecule has 2 aromatic rings. The topological polar surface area (TPSA) is 82.7 Å². The van der Waals surface area contributed by atoms with Gasteiger partial charge in [0.1, 0.15) is 11.1 Å². The Morgan fingerprint density at radius 2 is 2.32 bits per heavy atom. The maximum atomic E-state index is 11.9. The Bertz CT molecular complexity index is 684. The lowest BCUT2D eigenvalue weighted by Crippen LogP contribution is -2.39. The summed E-state index contributed by atoms with van der Waals surface area (Å²) in [4.78, 5) is 11.9. The third-order valence-electron chi connectivity index (χ3n) is 3.49. The SMILES string of the molecule is Cc1cnn([C@H](C)[C@H](C)NCC(=O)Nc2sccc2C#N)c1. The minimum absolute atomic E-state index is 0.0869. The summed E-state index contributed by atoms with van der Waals surface area (Å²) in [5, 5.41) is 21.5. The van der Waals surface area contributed by atoms with E-state index in [1.54, 1.807) is 11.4 Å². The van der Waals surface area contributed by atoms with E-state index in [0.717, 1.165) is 5.56 Å². The molecule has 0 radical (unpaired) electrons. The third-order valence-corrected chi connectivity index (χ3v) is 4.32. The van der Waals surface area contributed by atoms with Crippen LogP contribution in [0, 0.1) is 18.3 Å². The first-order chi connectivity index (χ1) is 10.5. The van der Waals surface area contributed by atoms with E-state index < -0.39 is 0 Å². The zero-order valence-electron chi connectivity index (χ0n) is 12.8. The number of hydrogen-bond donors (Lipinski definition) is 2. The highest BCUT2D eigenvalue weighted by Crippen LogP contribution is 2.21. The monoisotopic (exact) mass is 317 g/mol. The van der Waals surface area contributed by atoms with E-state index in [4.69, 9.17) is 5.26 Å². The molecule has 2 rings (SSSR count). The van der Waals surface area contributed by atoms with Crippen molar-refractivity contribution in [1.29, 1.82) is 5.26 Å². The molecular weight excluding hydrogens is 298 g/mol. The molecule has 0 spiro atoms. The lowest BCUT2D eigenvalue weighted by Gasteiger charge is -2.21. The van der Waals surface area contributed by atoms with Crippen LogP contribution in [-0.4, -0.2) is 28.3 Å². The molecule has 0 aliphatic rings. The van der Waals surface area contributed by atoms with E-state index in [1.807, 2.05) is 30.9 Å². The molecule has 2 N–H and O–H groups in total. The van der Waals surface area contributed by atoms with E-state index in [9.17, 15) is 4.79 Å². The van der Waals surface area contributed by atoms with Gasteiger partial charge in [0.15, 0.2) is 0 Å². The number of nitrogens with zero attached hydrogens (tertiary/aromatic N) is 3. The van der Waals surface area contributed by atoms with Gasteiger partial charge in [-0.15, -0.1) is 11.3 Å². The van der Waals surface area contributed by atoms with Gasteiger partial charge < -0.3 is 10.6 Å². The maximum Gasteiger partial charge on any atom is 0.238 e. The number of rotatable bonds is 6. The van der Waals surface area contributed by atoms with Crippen LogP contribution in [0.4, 0.5) is 5.00 Å². The van der Waals surface area contributed by atoms with Gasteiger partial charge in [-0.3, -0.25) is 9.48 Å². The van der Waals surface area contributed by atoms with Crippen molar-refractivity contribution >= 4 is 22.2 Å². The van der Waals surface area contributed by atoms with Crippen LogP contribution < -0.4 is 10.6 Å². The number of anilines is 1. The molecule has 0 saturated heterocycles. The van der Waals surface area contributed by atoms with Crippen molar-refractivity contribution in [3.63, 3.8) is 0 Å². The highest BCUT2D eigenvalue weighted by molar-refractivity contribution is 7.14. The molecule has 2 heterocycles. The minimum atomic E-state index is -0.158. The van der Waals surface area contributed by atoms with E-state index in [-0.39, 0.29) is 24.5 Å². The van der Waals surface area contributed by atoms with E-state index in [1.165, 1.54) is 11.3 Å². The van der Waals surface area contributed by atoms with Gasteiger partial charge in [0, 0.05) is 12.2 Å². The van der Waals surface area contributed by atoms with Crippen molar-refractivity contribution in [2.75, 3.05) is 11.9 Å². The van der Waals surface area contributed by atoms with Crippen LogP contribution in [0.5, 0.6) is 0 Å². The van der Waals surface area contributed by atoms with Gasteiger partial charge in [-0.05, 0) is 37.8 Å². The van der Waals surface area contributed by atoms with Crippen molar-refractivity contribution in [3.8, 4) is 6.07 Å². The Labute approximate surface area is 133 Å². The molecule has 0 saturated carbocycles. The third kappa shape index (κ3) is 3.93. The molecule has 116 valence electrons. The van der Waals surface area contributed by atoms with Crippen molar-refractivity contribution in [2.24, 2.45) is 0 Å². The molecule has 0 unspecified atom stereocenters. The fourth-order valence-corrected chi connectivity index (χ4v) is 2.73. The molecule has 0 aromatic carbocycles. The van der Waals surface area contributed by atoms with Crippen LogP contribution in [0.2, 0.25) is 0 Å². The van der Waals surface area contributed by atoms with Crippen LogP contribution in [-0.2, 0) is 4.79 Å². The molecule has 2 aromatic heterocycles. The van der Waals surface area contributed by atoms with Crippen LogP contribution >= 0.6 is 11.3 Å².